The first-order valence-corrected chi connectivity index (χ1v) is 10.4. The molecule has 0 aliphatic carbocycles. The molecule has 0 spiro atoms. The molecule has 1 aliphatic rings. The van der Waals surface area contributed by atoms with Gasteiger partial charge in [0.25, 0.3) is 0 Å². The second-order valence-electron chi connectivity index (χ2n) is 6.61. The fourth-order valence-corrected chi connectivity index (χ4v) is 4.68. The number of nitrogens with one attached hydrogen (secondary N) is 1. The fraction of sp³-hybridized carbons (Fsp3) is 0.200. The summed E-state index contributed by atoms with van der Waals surface area (Å²) in [6.45, 7) is 2.00. The summed E-state index contributed by atoms with van der Waals surface area (Å²) >= 11 is 6.12. The van der Waals surface area contributed by atoms with Crippen LogP contribution in [0.4, 0.5) is 5.82 Å². The van der Waals surface area contributed by atoms with Crippen LogP contribution in [0.2, 0.25) is 5.02 Å². The summed E-state index contributed by atoms with van der Waals surface area (Å²) in [4.78, 5) is 12.7. The van der Waals surface area contributed by atoms with E-state index < -0.39 is 10.8 Å². The number of carbonyl (C=O) groups is 1. The van der Waals surface area contributed by atoms with Crippen LogP contribution in [0.3, 0.4) is 0 Å². The topological polar surface area (TPSA) is 64.0 Å². The fourth-order valence-electron chi connectivity index (χ4n) is 3.23. The van der Waals surface area contributed by atoms with E-state index in [1.165, 1.54) is 0 Å². The molecular weight excluding hydrogens is 382 g/mol. The molecule has 7 heteroatoms. The van der Waals surface area contributed by atoms with E-state index in [0.29, 0.717) is 22.3 Å². The number of aryl methyl sites for hydroxylation is 1. The molecule has 1 atom stereocenters. The lowest BCUT2D eigenvalue weighted by atomic mass is 10.1. The van der Waals surface area contributed by atoms with Gasteiger partial charge in [0.15, 0.2) is 0 Å². The Kier molecular flexibility index (Phi) is 4.85. The Bertz CT molecular complexity index is 1060. The summed E-state index contributed by atoms with van der Waals surface area (Å²) in [7, 11) is -0.977. The summed E-state index contributed by atoms with van der Waals surface area (Å²) in [6.07, 6.45) is 0.264. The highest BCUT2D eigenvalue weighted by atomic mass is 35.5. The van der Waals surface area contributed by atoms with Gasteiger partial charge in [-0.1, -0.05) is 47.5 Å². The number of fused-ring (bicyclic) bond motifs is 1. The minimum Gasteiger partial charge on any atom is -0.310 e. The molecule has 1 N–H and O–H groups in total. The molecule has 27 heavy (non-hydrogen) atoms. The van der Waals surface area contributed by atoms with Crippen LogP contribution in [-0.4, -0.2) is 19.9 Å². The zero-order valence-corrected chi connectivity index (χ0v) is 16.3. The quantitative estimate of drug-likeness (QED) is 0.726. The number of carbonyl (C=O) groups excluding carboxylic acids is 1. The van der Waals surface area contributed by atoms with Crippen LogP contribution in [0.15, 0.2) is 48.5 Å². The number of hydrogen-bond acceptors (Lipinski definition) is 3. The van der Waals surface area contributed by atoms with Gasteiger partial charge in [0.05, 0.1) is 29.3 Å². The number of aromatic nitrogens is 2. The third-order valence-corrected chi connectivity index (χ3v) is 5.87. The molecular formula is C20H18ClN3O2S. The first-order chi connectivity index (χ1) is 13.0. The number of hydrogen-bond donors (Lipinski definition) is 1. The second-order valence-corrected chi connectivity index (χ2v) is 8.50. The van der Waals surface area contributed by atoms with Gasteiger partial charge in [-0.25, -0.2) is 4.68 Å². The van der Waals surface area contributed by atoms with Crippen LogP contribution in [-0.2, 0) is 33.5 Å². The van der Waals surface area contributed by atoms with E-state index in [1.54, 1.807) is 16.8 Å². The second kappa shape index (κ2) is 7.29. The monoisotopic (exact) mass is 399 g/mol. The summed E-state index contributed by atoms with van der Waals surface area (Å²) in [5.41, 5.74) is 4.42. The first-order valence-electron chi connectivity index (χ1n) is 8.56. The van der Waals surface area contributed by atoms with Gasteiger partial charge < -0.3 is 5.32 Å². The molecule has 3 aromatic rings. The minimum atomic E-state index is -0.977. The lowest BCUT2D eigenvalue weighted by Gasteiger charge is -2.11. The molecule has 5 nitrogen and oxygen atoms in total. The largest absolute Gasteiger partial charge is 0.310 e. The van der Waals surface area contributed by atoms with Gasteiger partial charge in [0.1, 0.15) is 5.82 Å². The van der Waals surface area contributed by atoms with Crippen LogP contribution in [0.1, 0.15) is 22.4 Å². The third-order valence-electron chi connectivity index (χ3n) is 4.43. The van der Waals surface area contributed by atoms with Crippen molar-refractivity contribution in [3.8, 4) is 5.69 Å². The van der Waals surface area contributed by atoms with Crippen LogP contribution in [0.25, 0.3) is 5.69 Å². The van der Waals surface area contributed by atoms with E-state index in [4.69, 9.17) is 11.6 Å². The molecule has 1 aromatic heterocycles. The van der Waals surface area contributed by atoms with Crippen molar-refractivity contribution >= 4 is 34.1 Å². The lowest BCUT2D eigenvalue weighted by molar-refractivity contribution is -0.115. The van der Waals surface area contributed by atoms with E-state index in [9.17, 15) is 9.00 Å². The molecule has 0 fully saturated rings. The molecule has 2 heterocycles. The van der Waals surface area contributed by atoms with E-state index in [1.807, 2.05) is 43.3 Å². The SMILES string of the molecule is Cc1cccc(CC(=O)Nc2c3c(nn2-c2cccc(Cl)c2)C[S@@](=O)C3)c1. The molecule has 2 aromatic carbocycles. The van der Waals surface area contributed by atoms with E-state index in [0.717, 1.165) is 28.1 Å². The molecule has 1 amide bonds. The van der Waals surface area contributed by atoms with Crippen LogP contribution >= 0.6 is 11.6 Å². The first kappa shape index (κ1) is 17.9. The number of nitrogens with zero attached hydrogens (tertiary/aromatic N) is 2. The summed E-state index contributed by atoms with van der Waals surface area (Å²) < 4.78 is 13.6. The van der Waals surface area contributed by atoms with Gasteiger partial charge in [-0.3, -0.25) is 9.00 Å². The Balaban J connectivity index is 1.66. The maximum atomic E-state index is 12.7. The Morgan fingerprint density at radius 2 is 2.04 bits per heavy atom. The predicted octanol–water partition coefficient (Wildman–Crippen LogP) is 3.78. The summed E-state index contributed by atoms with van der Waals surface area (Å²) in [5.74, 6) is 1.25. The summed E-state index contributed by atoms with van der Waals surface area (Å²) in [5, 5.41) is 8.15. The Hall–Kier alpha value is -2.44. The molecule has 1 aliphatic heterocycles. The van der Waals surface area contributed by atoms with Gasteiger partial charge in [0.2, 0.25) is 5.91 Å². The van der Waals surface area contributed by atoms with Crippen LogP contribution < -0.4 is 5.32 Å². The van der Waals surface area contributed by atoms with Crippen molar-refractivity contribution in [2.75, 3.05) is 5.32 Å². The molecule has 0 bridgehead atoms. The van der Waals surface area contributed by atoms with Crippen molar-refractivity contribution in [2.24, 2.45) is 0 Å². The van der Waals surface area contributed by atoms with Crippen LogP contribution in [0.5, 0.6) is 0 Å². The van der Waals surface area contributed by atoms with Crippen molar-refractivity contribution in [3.05, 3.63) is 75.9 Å². The average molecular weight is 400 g/mol. The van der Waals surface area contributed by atoms with Gasteiger partial charge in [0, 0.05) is 21.4 Å². The highest BCUT2D eigenvalue weighted by molar-refractivity contribution is 7.83. The van der Waals surface area contributed by atoms with Gasteiger partial charge >= 0.3 is 0 Å². The van der Waals surface area contributed by atoms with Gasteiger partial charge in [-0.15, -0.1) is 0 Å². The maximum absolute atomic E-state index is 12.7. The standard InChI is InChI=1S/C20H18ClN3O2S/c1-13-4-2-5-14(8-13)9-19(25)22-20-17-11-27(26)12-18(17)23-24(20)16-7-3-6-15(21)10-16/h2-8,10H,9,11-12H2,1H3,(H,22,25)/t27-/m0/s1. The van der Waals surface area contributed by atoms with Crippen molar-refractivity contribution in [3.63, 3.8) is 0 Å². The Labute approximate surface area is 164 Å². The molecule has 4 rings (SSSR count). The molecule has 0 saturated carbocycles. The number of halogens is 1. The zero-order valence-electron chi connectivity index (χ0n) is 14.7. The van der Waals surface area contributed by atoms with Gasteiger partial charge in [-0.05, 0) is 30.7 Å². The molecule has 138 valence electrons. The number of benzene rings is 2. The predicted molar refractivity (Wildman–Crippen MR) is 108 cm³/mol. The lowest BCUT2D eigenvalue weighted by Crippen LogP contribution is -2.18. The highest BCUT2D eigenvalue weighted by Gasteiger charge is 2.28. The van der Waals surface area contributed by atoms with E-state index >= 15 is 0 Å². The zero-order chi connectivity index (χ0) is 19.0. The van der Waals surface area contributed by atoms with Crippen molar-refractivity contribution in [2.45, 2.75) is 24.9 Å². The third kappa shape index (κ3) is 3.82. The molecule has 0 unspecified atom stereocenters. The molecule has 0 saturated heterocycles. The normalized spacial score (nSPS) is 15.6. The molecule has 0 radical (unpaired) electrons. The Morgan fingerprint density at radius 3 is 2.81 bits per heavy atom. The van der Waals surface area contributed by atoms with E-state index in [-0.39, 0.29) is 12.3 Å². The van der Waals surface area contributed by atoms with Crippen molar-refractivity contribution in [1.29, 1.82) is 0 Å². The van der Waals surface area contributed by atoms with Crippen molar-refractivity contribution < 1.29 is 9.00 Å². The smallest absolute Gasteiger partial charge is 0.229 e. The average Bonchev–Trinajstić information content (AvgIpc) is 3.12. The van der Waals surface area contributed by atoms with E-state index in [2.05, 4.69) is 10.4 Å². The maximum Gasteiger partial charge on any atom is 0.229 e. The Morgan fingerprint density at radius 1 is 1.22 bits per heavy atom. The number of anilines is 1. The number of amides is 1. The number of rotatable bonds is 4. The van der Waals surface area contributed by atoms with Crippen LogP contribution in [0, 0.1) is 6.92 Å². The highest BCUT2D eigenvalue weighted by Crippen LogP contribution is 2.32. The summed E-state index contributed by atoms with van der Waals surface area (Å²) in [6, 6.07) is 15.1. The minimum absolute atomic E-state index is 0.135. The van der Waals surface area contributed by atoms with Crippen molar-refractivity contribution in [1.82, 2.24) is 9.78 Å². The van der Waals surface area contributed by atoms with Gasteiger partial charge in [-0.2, -0.15) is 5.10 Å².